The number of rotatable bonds is 6. The van der Waals surface area contributed by atoms with E-state index in [-0.39, 0.29) is 6.61 Å². The van der Waals surface area contributed by atoms with Crippen LogP contribution in [0.2, 0.25) is 0 Å². The van der Waals surface area contributed by atoms with Crippen LogP contribution in [0.15, 0.2) is 0 Å². The highest BCUT2D eigenvalue weighted by molar-refractivity contribution is 7.46. The van der Waals surface area contributed by atoms with Gasteiger partial charge in [0.05, 0.1) is 34.3 Å². The highest BCUT2D eigenvalue weighted by Crippen LogP contribution is 2.35. The molecule has 2 N–H and O–H groups in total. The van der Waals surface area contributed by atoms with Crippen LogP contribution in [-0.4, -0.2) is 48.6 Å². The molecule has 0 aromatic heterocycles. The summed E-state index contributed by atoms with van der Waals surface area (Å²) in [6, 6.07) is 0. The normalized spacial score (nSPS) is 13.3. The first kappa shape index (κ1) is 13.1. The molecule has 0 bridgehead atoms. The van der Waals surface area contributed by atoms with Gasteiger partial charge in [0.15, 0.2) is 0 Å². The first-order valence-electron chi connectivity index (χ1n) is 4.21. The van der Waals surface area contributed by atoms with E-state index in [9.17, 15) is 4.57 Å². The van der Waals surface area contributed by atoms with Crippen molar-refractivity contribution >= 4 is 7.82 Å². The van der Waals surface area contributed by atoms with Gasteiger partial charge in [0, 0.05) is 0 Å². The minimum atomic E-state index is -4.25. The van der Waals surface area contributed by atoms with E-state index in [0.29, 0.717) is 6.42 Å². The van der Waals surface area contributed by atoms with E-state index in [1.54, 1.807) is 0 Å². The van der Waals surface area contributed by atoms with Crippen LogP contribution in [0.25, 0.3) is 0 Å². The fourth-order valence-electron chi connectivity index (χ4n) is 0.872. The van der Waals surface area contributed by atoms with Gasteiger partial charge in [-0.2, -0.15) is 0 Å². The summed E-state index contributed by atoms with van der Waals surface area (Å²) in [6.07, 6.45) is 1.59. The molecule has 6 heteroatoms. The predicted molar refractivity (Wildman–Crippen MR) is 50.1 cm³/mol. The molecule has 0 spiro atoms. The molecule has 0 heterocycles. The molecule has 0 aliphatic carbocycles. The lowest BCUT2D eigenvalue weighted by atomic mass is 10.3. The number of hydrogen-bond donors (Lipinski definition) is 2. The Kier molecular flexibility index (Phi) is 5.10. The van der Waals surface area contributed by atoms with Gasteiger partial charge in [-0.05, 0) is 12.8 Å². The van der Waals surface area contributed by atoms with E-state index < -0.39 is 7.82 Å². The molecule has 0 rings (SSSR count). The van der Waals surface area contributed by atoms with Gasteiger partial charge in [-0.3, -0.25) is 4.52 Å². The highest BCUT2D eigenvalue weighted by Gasteiger charge is 2.13. The average Bonchev–Trinajstić information content (AvgIpc) is 1.81. The Morgan fingerprint density at radius 2 is 1.77 bits per heavy atom. The summed E-state index contributed by atoms with van der Waals surface area (Å²) in [5, 5.41) is 0. The standard InChI is InChI=1S/C7H18NO4P/c1-8(2,3)6-4-5-7-12-13(9,10)11/h4-7H2,1-3H3,(H-,9,10,11)/p+1. The van der Waals surface area contributed by atoms with E-state index in [2.05, 4.69) is 25.7 Å². The van der Waals surface area contributed by atoms with Gasteiger partial charge in [0.2, 0.25) is 0 Å². The van der Waals surface area contributed by atoms with Crippen molar-refractivity contribution in [2.75, 3.05) is 34.3 Å². The molecule has 13 heavy (non-hydrogen) atoms. The second-order valence-electron chi connectivity index (χ2n) is 4.04. The van der Waals surface area contributed by atoms with Crippen LogP contribution in [0.3, 0.4) is 0 Å². The average molecular weight is 212 g/mol. The predicted octanol–water partition coefficient (Wildman–Crippen LogP) is 0.582. The Labute approximate surface area is 79.2 Å². The van der Waals surface area contributed by atoms with E-state index >= 15 is 0 Å². The molecule has 0 aromatic carbocycles. The van der Waals surface area contributed by atoms with Gasteiger partial charge in [-0.1, -0.05) is 0 Å². The largest absolute Gasteiger partial charge is 0.469 e. The maximum Gasteiger partial charge on any atom is 0.469 e. The molecule has 0 unspecified atom stereocenters. The Bertz CT molecular complexity index is 183. The number of nitrogens with zero attached hydrogens (tertiary/aromatic N) is 1. The fraction of sp³-hybridized carbons (Fsp3) is 1.00. The van der Waals surface area contributed by atoms with Crippen LogP contribution >= 0.6 is 7.82 Å². The summed E-state index contributed by atoms with van der Waals surface area (Å²) in [6.45, 7) is 1.11. The van der Waals surface area contributed by atoms with Crippen molar-refractivity contribution in [3.05, 3.63) is 0 Å². The van der Waals surface area contributed by atoms with Crippen molar-refractivity contribution in [2.45, 2.75) is 12.8 Å². The lowest BCUT2D eigenvalue weighted by molar-refractivity contribution is -0.870. The minimum Gasteiger partial charge on any atom is -0.331 e. The number of unbranched alkanes of at least 4 members (excludes halogenated alkanes) is 1. The van der Waals surface area contributed by atoms with Crippen molar-refractivity contribution in [1.29, 1.82) is 0 Å². The van der Waals surface area contributed by atoms with Crippen molar-refractivity contribution < 1.29 is 23.4 Å². The minimum absolute atomic E-state index is 0.129. The smallest absolute Gasteiger partial charge is 0.331 e. The van der Waals surface area contributed by atoms with Crippen molar-refractivity contribution in [1.82, 2.24) is 0 Å². The summed E-state index contributed by atoms with van der Waals surface area (Å²) in [5.41, 5.74) is 0. The Hall–Kier alpha value is 0.0700. The van der Waals surface area contributed by atoms with Gasteiger partial charge in [-0.15, -0.1) is 0 Å². The summed E-state index contributed by atoms with van der Waals surface area (Å²) >= 11 is 0. The molecule has 0 amide bonds. The van der Waals surface area contributed by atoms with Crippen LogP contribution in [0.5, 0.6) is 0 Å². The molecular formula is C7H19NO4P+. The molecule has 5 nitrogen and oxygen atoms in total. The van der Waals surface area contributed by atoms with Gasteiger partial charge in [0.25, 0.3) is 0 Å². The van der Waals surface area contributed by atoms with Crippen LogP contribution in [0.1, 0.15) is 12.8 Å². The second-order valence-corrected chi connectivity index (χ2v) is 5.28. The summed E-state index contributed by atoms with van der Waals surface area (Å²) in [7, 11) is 1.97. The van der Waals surface area contributed by atoms with E-state index in [4.69, 9.17) is 9.79 Å². The van der Waals surface area contributed by atoms with Crippen molar-refractivity contribution in [3.63, 3.8) is 0 Å². The summed E-state index contributed by atoms with van der Waals surface area (Å²) < 4.78 is 15.4. The quantitative estimate of drug-likeness (QED) is 0.384. The fourth-order valence-corrected chi connectivity index (χ4v) is 1.24. The van der Waals surface area contributed by atoms with Gasteiger partial charge in [0.1, 0.15) is 0 Å². The lowest BCUT2D eigenvalue weighted by Gasteiger charge is -2.23. The Morgan fingerprint density at radius 1 is 1.23 bits per heavy atom. The van der Waals surface area contributed by atoms with Crippen molar-refractivity contribution in [3.8, 4) is 0 Å². The molecule has 0 aliphatic heterocycles. The number of phosphoric acid groups is 1. The van der Waals surface area contributed by atoms with E-state index in [1.807, 2.05) is 0 Å². The van der Waals surface area contributed by atoms with Crippen LogP contribution in [-0.2, 0) is 9.09 Å². The molecule has 0 aliphatic rings. The van der Waals surface area contributed by atoms with Gasteiger partial charge < -0.3 is 14.3 Å². The maximum absolute atomic E-state index is 10.3. The Morgan fingerprint density at radius 3 is 2.15 bits per heavy atom. The molecule has 80 valence electrons. The van der Waals surface area contributed by atoms with E-state index in [0.717, 1.165) is 17.4 Å². The molecule has 0 radical (unpaired) electrons. The Balaban J connectivity index is 3.33. The molecule has 0 fully saturated rings. The first-order chi connectivity index (χ1) is 5.71. The molecule has 0 saturated heterocycles. The lowest BCUT2D eigenvalue weighted by Crippen LogP contribution is -2.35. The van der Waals surface area contributed by atoms with Gasteiger partial charge >= 0.3 is 7.82 Å². The zero-order valence-electron chi connectivity index (χ0n) is 8.43. The molecular weight excluding hydrogens is 193 g/mol. The van der Waals surface area contributed by atoms with Crippen LogP contribution < -0.4 is 0 Å². The topological polar surface area (TPSA) is 66.8 Å². The van der Waals surface area contributed by atoms with Crippen LogP contribution in [0.4, 0.5) is 0 Å². The van der Waals surface area contributed by atoms with E-state index in [1.165, 1.54) is 0 Å². The molecule has 0 aromatic rings. The number of quaternary nitrogens is 1. The van der Waals surface area contributed by atoms with Crippen molar-refractivity contribution in [2.24, 2.45) is 0 Å². The third kappa shape index (κ3) is 12.1. The zero-order valence-corrected chi connectivity index (χ0v) is 9.33. The monoisotopic (exact) mass is 212 g/mol. The number of phosphoric ester groups is 1. The first-order valence-corrected chi connectivity index (χ1v) is 5.74. The number of hydrogen-bond acceptors (Lipinski definition) is 2. The maximum atomic E-state index is 10.3. The van der Waals surface area contributed by atoms with Crippen LogP contribution in [0, 0.1) is 0 Å². The summed E-state index contributed by atoms with van der Waals surface area (Å²) in [5.74, 6) is 0. The summed E-state index contributed by atoms with van der Waals surface area (Å²) in [4.78, 5) is 16.7. The molecule has 0 atom stereocenters. The second kappa shape index (κ2) is 5.08. The van der Waals surface area contributed by atoms with Gasteiger partial charge in [-0.25, -0.2) is 4.57 Å². The third-order valence-electron chi connectivity index (χ3n) is 1.48. The SMILES string of the molecule is C[N+](C)(C)CCCCOP(=O)(O)O. The zero-order chi connectivity index (χ0) is 10.5. The third-order valence-corrected chi connectivity index (χ3v) is 2.00. The molecule has 0 saturated carbocycles. The highest BCUT2D eigenvalue weighted by atomic mass is 31.2.